The number of hydrogen-bond donors (Lipinski definition) is 2. The summed E-state index contributed by atoms with van der Waals surface area (Å²) in [6.45, 7) is 4.91. The molecule has 0 aliphatic heterocycles. The van der Waals surface area contributed by atoms with Gasteiger partial charge < -0.3 is 10.2 Å². The molecule has 0 radical (unpaired) electrons. The first-order valence-corrected chi connectivity index (χ1v) is 4.45. The predicted molar refractivity (Wildman–Crippen MR) is 49.2 cm³/mol. The standard InChI is InChI=1S/C10H16O3/c1-6-4-9(12)7(5-8(6)11)10(2,3)13/h4,7-8,11,13H,5H2,1-3H3/t7-,8-/m1/s1. The van der Waals surface area contributed by atoms with Gasteiger partial charge in [-0.2, -0.15) is 0 Å². The Morgan fingerprint density at radius 3 is 2.54 bits per heavy atom. The summed E-state index contributed by atoms with van der Waals surface area (Å²) >= 11 is 0. The van der Waals surface area contributed by atoms with Gasteiger partial charge in [-0.05, 0) is 38.8 Å². The molecule has 0 unspecified atom stereocenters. The zero-order valence-corrected chi connectivity index (χ0v) is 8.24. The Bertz CT molecular complexity index is 247. The smallest absolute Gasteiger partial charge is 0.161 e. The number of hydrogen-bond acceptors (Lipinski definition) is 3. The normalized spacial score (nSPS) is 30.2. The van der Waals surface area contributed by atoms with Crippen molar-refractivity contribution < 1.29 is 15.0 Å². The van der Waals surface area contributed by atoms with E-state index in [1.54, 1.807) is 20.8 Å². The first-order valence-electron chi connectivity index (χ1n) is 4.45. The molecule has 0 saturated heterocycles. The van der Waals surface area contributed by atoms with Crippen molar-refractivity contribution in [2.75, 3.05) is 0 Å². The summed E-state index contributed by atoms with van der Waals surface area (Å²) in [6, 6.07) is 0. The number of carbonyl (C=O) groups excluding carboxylic acids is 1. The fourth-order valence-electron chi connectivity index (χ4n) is 1.58. The highest BCUT2D eigenvalue weighted by molar-refractivity contribution is 5.94. The molecule has 1 aliphatic rings. The van der Waals surface area contributed by atoms with Gasteiger partial charge in [0.2, 0.25) is 0 Å². The van der Waals surface area contributed by atoms with Crippen molar-refractivity contribution in [3.8, 4) is 0 Å². The van der Waals surface area contributed by atoms with Gasteiger partial charge in [0, 0.05) is 0 Å². The van der Waals surface area contributed by atoms with Gasteiger partial charge in [0.05, 0.1) is 17.6 Å². The zero-order valence-electron chi connectivity index (χ0n) is 8.24. The number of allylic oxidation sites excluding steroid dienone is 1. The van der Waals surface area contributed by atoms with Crippen molar-refractivity contribution in [1.82, 2.24) is 0 Å². The minimum absolute atomic E-state index is 0.0877. The summed E-state index contributed by atoms with van der Waals surface area (Å²) in [5.41, 5.74) is -0.361. The second kappa shape index (κ2) is 3.24. The van der Waals surface area contributed by atoms with Crippen molar-refractivity contribution in [3.05, 3.63) is 11.6 Å². The summed E-state index contributed by atoms with van der Waals surface area (Å²) in [4.78, 5) is 11.4. The minimum Gasteiger partial charge on any atom is -0.390 e. The molecule has 0 heterocycles. The monoisotopic (exact) mass is 184 g/mol. The largest absolute Gasteiger partial charge is 0.390 e. The maximum atomic E-state index is 11.4. The molecule has 0 aromatic carbocycles. The van der Waals surface area contributed by atoms with Crippen molar-refractivity contribution in [3.63, 3.8) is 0 Å². The molecular formula is C10H16O3. The Kier molecular flexibility index (Phi) is 2.59. The molecule has 0 aromatic rings. The first-order chi connectivity index (χ1) is 5.82. The third-order valence-electron chi connectivity index (χ3n) is 2.55. The third-order valence-corrected chi connectivity index (χ3v) is 2.55. The molecule has 13 heavy (non-hydrogen) atoms. The van der Waals surface area contributed by atoms with Gasteiger partial charge in [-0.1, -0.05) is 0 Å². The highest BCUT2D eigenvalue weighted by Crippen LogP contribution is 2.29. The second-order valence-electron chi connectivity index (χ2n) is 4.25. The highest BCUT2D eigenvalue weighted by Gasteiger charge is 2.36. The van der Waals surface area contributed by atoms with Gasteiger partial charge in [0.25, 0.3) is 0 Å². The van der Waals surface area contributed by atoms with E-state index in [0.717, 1.165) is 0 Å². The van der Waals surface area contributed by atoms with Crippen LogP contribution in [-0.2, 0) is 4.79 Å². The first kappa shape index (κ1) is 10.4. The zero-order chi connectivity index (χ0) is 10.2. The minimum atomic E-state index is -1.05. The van der Waals surface area contributed by atoms with Gasteiger partial charge in [0.15, 0.2) is 5.78 Å². The Hall–Kier alpha value is -0.670. The highest BCUT2D eigenvalue weighted by atomic mass is 16.3. The van der Waals surface area contributed by atoms with E-state index in [1.807, 2.05) is 0 Å². The van der Waals surface area contributed by atoms with Crippen molar-refractivity contribution in [2.45, 2.75) is 38.9 Å². The molecule has 74 valence electrons. The van der Waals surface area contributed by atoms with E-state index in [2.05, 4.69) is 0 Å². The predicted octanol–water partition coefficient (Wildman–Crippen LogP) is 0.653. The lowest BCUT2D eigenvalue weighted by atomic mass is 9.78. The topological polar surface area (TPSA) is 57.5 Å². The number of carbonyl (C=O) groups is 1. The van der Waals surface area contributed by atoms with Crippen LogP contribution in [0.5, 0.6) is 0 Å². The Labute approximate surface area is 78.1 Å². The molecule has 1 aliphatic carbocycles. The maximum Gasteiger partial charge on any atom is 0.161 e. The SMILES string of the molecule is CC1=CC(=O)[C@H](C(C)(C)O)C[C@H]1O. The summed E-state index contributed by atoms with van der Waals surface area (Å²) in [6.07, 6.45) is 1.16. The molecule has 0 saturated carbocycles. The van der Waals surface area contributed by atoms with Crippen molar-refractivity contribution in [1.29, 1.82) is 0 Å². The number of ketones is 1. The molecule has 0 amide bonds. The molecule has 3 heteroatoms. The van der Waals surface area contributed by atoms with Gasteiger partial charge in [0.1, 0.15) is 0 Å². The van der Waals surface area contributed by atoms with E-state index in [-0.39, 0.29) is 5.78 Å². The molecule has 0 fully saturated rings. The van der Waals surface area contributed by atoms with Crippen LogP contribution in [0.4, 0.5) is 0 Å². The molecule has 2 atom stereocenters. The molecular weight excluding hydrogens is 168 g/mol. The summed E-state index contributed by atoms with van der Waals surface area (Å²) in [5, 5.41) is 19.2. The number of aliphatic hydroxyl groups excluding tert-OH is 1. The van der Waals surface area contributed by atoms with Crippen LogP contribution < -0.4 is 0 Å². The van der Waals surface area contributed by atoms with Gasteiger partial charge in [-0.15, -0.1) is 0 Å². The molecule has 0 bridgehead atoms. The molecule has 0 aromatic heterocycles. The van der Waals surface area contributed by atoms with Gasteiger partial charge >= 0.3 is 0 Å². The van der Waals surface area contributed by atoms with Crippen LogP contribution >= 0.6 is 0 Å². The third kappa shape index (κ3) is 2.17. The van der Waals surface area contributed by atoms with E-state index < -0.39 is 17.6 Å². The number of aliphatic hydroxyl groups is 2. The molecule has 3 nitrogen and oxygen atoms in total. The fraction of sp³-hybridized carbons (Fsp3) is 0.700. The van der Waals surface area contributed by atoms with E-state index in [0.29, 0.717) is 12.0 Å². The van der Waals surface area contributed by atoms with Crippen LogP contribution in [0.2, 0.25) is 0 Å². The van der Waals surface area contributed by atoms with E-state index in [1.165, 1.54) is 6.08 Å². The summed E-state index contributed by atoms with van der Waals surface area (Å²) in [7, 11) is 0. The second-order valence-corrected chi connectivity index (χ2v) is 4.25. The Balaban J connectivity index is 2.89. The van der Waals surface area contributed by atoms with Crippen LogP contribution in [0.3, 0.4) is 0 Å². The van der Waals surface area contributed by atoms with Crippen LogP contribution in [0.1, 0.15) is 27.2 Å². The summed E-state index contributed by atoms with van der Waals surface area (Å²) in [5.74, 6) is -0.568. The Morgan fingerprint density at radius 1 is 1.54 bits per heavy atom. The Morgan fingerprint density at radius 2 is 2.08 bits per heavy atom. The lowest BCUT2D eigenvalue weighted by molar-refractivity contribution is -0.128. The van der Waals surface area contributed by atoms with Crippen LogP contribution in [0.25, 0.3) is 0 Å². The molecule has 1 rings (SSSR count). The molecule has 0 spiro atoms. The molecule has 2 N–H and O–H groups in total. The van der Waals surface area contributed by atoms with Crippen LogP contribution in [0.15, 0.2) is 11.6 Å². The quantitative estimate of drug-likeness (QED) is 0.629. The average molecular weight is 184 g/mol. The van der Waals surface area contributed by atoms with E-state index in [9.17, 15) is 15.0 Å². The maximum absolute atomic E-state index is 11.4. The van der Waals surface area contributed by atoms with Gasteiger partial charge in [-0.3, -0.25) is 4.79 Å². The number of rotatable bonds is 1. The van der Waals surface area contributed by atoms with E-state index in [4.69, 9.17) is 0 Å². The van der Waals surface area contributed by atoms with Crippen LogP contribution in [0, 0.1) is 5.92 Å². The fourth-order valence-corrected chi connectivity index (χ4v) is 1.58. The van der Waals surface area contributed by atoms with Crippen molar-refractivity contribution >= 4 is 5.78 Å². The lowest BCUT2D eigenvalue weighted by Crippen LogP contribution is -2.41. The van der Waals surface area contributed by atoms with Crippen LogP contribution in [-0.4, -0.2) is 27.7 Å². The van der Waals surface area contributed by atoms with Crippen molar-refractivity contribution in [2.24, 2.45) is 5.92 Å². The lowest BCUT2D eigenvalue weighted by Gasteiger charge is -2.32. The van der Waals surface area contributed by atoms with Gasteiger partial charge in [-0.25, -0.2) is 0 Å². The summed E-state index contributed by atoms with van der Waals surface area (Å²) < 4.78 is 0. The average Bonchev–Trinajstić information content (AvgIpc) is 1.94. The van der Waals surface area contributed by atoms with E-state index >= 15 is 0 Å².